The SMILES string of the molecule is O=C(Nc1ccccc1NCc1cn(CCN2CCc3ccccc3C2)nn1)c1ccncc1. The first-order valence-corrected chi connectivity index (χ1v) is 11.5. The molecule has 0 bridgehead atoms. The molecule has 4 aromatic rings. The molecule has 0 saturated carbocycles. The van der Waals surface area contributed by atoms with Gasteiger partial charge in [-0.1, -0.05) is 41.6 Å². The van der Waals surface area contributed by atoms with Crippen LogP contribution in [0.5, 0.6) is 0 Å². The van der Waals surface area contributed by atoms with E-state index in [2.05, 4.69) is 55.1 Å². The molecule has 0 fully saturated rings. The summed E-state index contributed by atoms with van der Waals surface area (Å²) in [6.07, 6.45) is 6.28. The average molecular weight is 454 g/mol. The molecule has 2 aromatic heterocycles. The molecule has 34 heavy (non-hydrogen) atoms. The number of carbonyl (C=O) groups is 1. The van der Waals surface area contributed by atoms with Crippen LogP contribution in [0.15, 0.2) is 79.3 Å². The van der Waals surface area contributed by atoms with E-state index in [-0.39, 0.29) is 5.91 Å². The van der Waals surface area contributed by atoms with Gasteiger partial charge in [0.25, 0.3) is 5.91 Å². The summed E-state index contributed by atoms with van der Waals surface area (Å²) in [4.78, 5) is 18.9. The summed E-state index contributed by atoms with van der Waals surface area (Å²) in [5.41, 5.74) is 5.83. The van der Waals surface area contributed by atoms with Crippen LogP contribution in [0.1, 0.15) is 27.2 Å². The Morgan fingerprint density at radius 2 is 1.68 bits per heavy atom. The van der Waals surface area contributed by atoms with E-state index in [1.807, 2.05) is 35.1 Å². The Morgan fingerprint density at radius 1 is 0.912 bits per heavy atom. The fourth-order valence-electron chi connectivity index (χ4n) is 4.15. The first kappa shape index (κ1) is 21.8. The van der Waals surface area contributed by atoms with Crippen LogP contribution in [0.25, 0.3) is 0 Å². The van der Waals surface area contributed by atoms with Gasteiger partial charge in [0.05, 0.1) is 30.7 Å². The summed E-state index contributed by atoms with van der Waals surface area (Å²) < 4.78 is 1.90. The average Bonchev–Trinajstić information content (AvgIpc) is 3.35. The predicted molar refractivity (Wildman–Crippen MR) is 131 cm³/mol. The highest BCUT2D eigenvalue weighted by Crippen LogP contribution is 2.22. The Kier molecular flexibility index (Phi) is 6.58. The summed E-state index contributed by atoms with van der Waals surface area (Å²) in [6.45, 7) is 4.31. The molecular weight excluding hydrogens is 426 g/mol. The number of benzene rings is 2. The third-order valence-corrected chi connectivity index (χ3v) is 6.02. The van der Waals surface area contributed by atoms with Crippen molar-refractivity contribution in [2.75, 3.05) is 23.7 Å². The maximum atomic E-state index is 12.5. The van der Waals surface area contributed by atoms with E-state index in [1.54, 1.807) is 24.5 Å². The fraction of sp³-hybridized carbons (Fsp3) is 0.231. The fourth-order valence-corrected chi connectivity index (χ4v) is 4.15. The van der Waals surface area contributed by atoms with Crippen LogP contribution in [-0.2, 0) is 26.1 Å². The van der Waals surface area contributed by atoms with Gasteiger partial charge < -0.3 is 10.6 Å². The Balaban J connectivity index is 1.14. The first-order chi connectivity index (χ1) is 16.7. The molecule has 0 spiro atoms. The molecule has 1 amide bonds. The Labute approximate surface area is 198 Å². The lowest BCUT2D eigenvalue weighted by Crippen LogP contribution is -2.33. The van der Waals surface area contributed by atoms with Gasteiger partial charge in [-0.3, -0.25) is 19.4 Å². The minimum atomic E-state index is -0.178. The van der Waals surface area contributed by atoms with Crippen molar-refractivity contribution < 1.29 is 4.79 Å². The van der Waals surface area contributed by atoms with Crippen LogP contribution >= 0.6 is 0 Å². The van der Waals surface area contributed by atoms with Gasteiger partial charge in [-0.2, -0.15) is 0 Å². The van der Waals surface area contributed by atoms with Crippen molar-refractivity contribution in [2.45, 2.75) is 26.1 Å². The van der Waals surface area contributed by atoms with Gasteiger partial charge in [0.15, 0.2) is 0 Å². The van der Waals surface area contributed by atoms with Gasteiger partial charge in [-0.15, -0.1) is 5.10 Å². The summed E-state index contributed by atoms with van der Waals surface area (Å²) in [5.74, 6) is -0.178. The number of amides is 1. The molecule has 5 rings (SSSR count). The second-order valence-corrected chi connectivity index (χ2v) is 8.36. The Hall–Kier alpha value is -4.04. The molecule has 2 N–H and O–H groups in total. The third kappa shape index (κ3) is 5.29. The van der Waals surface area contributed by atoms with Gasteiger partial charge in [-0.05, 0) is 41.8 Å². The van der Waals surface area contributed by atoms with E-state index < -0.39 is 0 Å². The summed E-state index contributed by atoms with van der Waals surface area (Å²) in [5, 5.41) is 14.9. The normalized spacial score (nSPS) is 13.3. The monoisotopic (exact) mass is 453 g/mol. The lowest BCUT2D eigenvalue weighted by atomic mass is 10.00. The maximum Gasteiger partial charge on any atom is 0.255 e. The number of para-hydroxylation sites is 2. The van der Waals surface area contributed by atoms with E-state index >= 15 is 0 Å². The number of rotatable bonds is 8. The number of nitrogens with one attached hydrogen (secondary N) is 2. The van der Waals surface area contributed by atoms with Gasteiger partial charge in [0.1, 0.15) is 5.69 Å². The van der Waals surface area contributed by atoms with Gasteiger partial charge in [0.2, 0.25) is 0 Å². The topological polar surface area (TPSA) is 88.0 Å². The minimum absolute atomic E-state index is 0.178. The molecule has 0 saturated heterocycles. The molecule has 3 heterocycles. The largest absolute Gasteiger partial charge is 0.378 e. The molecule has 172 valence electrons. The van der Waals surface area contributed by atoms with Gasteiger partial charge in [-0.25, -0.2) is 0 Å². The quantitative estimate of drug-likeness (QED) is 0.424. The number of nitrogens with zero attached hydrogens (tertiary/aromatic N) is 5. The number of carbonyl (C=O) groups excluding carboxylic acids is 1. The first-order valence-electron chi connectivity index (χ1n) is 11.5. The van der Waals surface area contributed by atoms with Crippen molar-refractivity contribution in [3.8, 4) is 0 Å². The number of anilines is 2. The molecule has 1 aliphatic heterocycles. The predicted octanol–water partition coefficient (Wildman–Crippen LogP) is 3.60. The summed E-state index contributed by atoms with van der Waals surface area (Å²) in [6, 6.07) is 19.7. The highest BCUT2D eigenvalue weighted by Gasteiger charge is 2.15. The van der Waals surface area contributed by atoms with Crippen molar-refractivity contribution in [1.29, 1.82) is 0 Å². The van der Waals surface area contributed by atoms with Gasteiger partial charge >= 0.3 is 0 Å². The molecule has 2 aromatic carbocycles. The molecule has 0 atom stereocenters. The number of fused-ring (bicyclic) bond motifs is 1. The molecular formula is C26H27N7O. The van der Waals surface area contributed by atoms with Crippen LogP contribution in [0.4, 0.5) is 11.4 Å². The Morgan fingerprint density at radius 3 is 2.53 bits per heavy atom. The standard InChI is InChI=1S/C26H27N7O/c34-26(21-9-12-27-13-10-21)29-25-8-4-3-7-24(25)28-17-23-19-33(31-30-23)16-15-32-14-11-20-5-1-2-6-22(20)18-32/h1-10,12-13,19,28H,11,14-18H2,(H,29,34). The van der Waals surface area contributed by atoms with Crippen molar-refractivity contribution in [1.82, 2.24) is 24.9 Å². The Bertz CT molecular complexity index is 1250. The lowest BCUT2D eigenvalue weighted by molar-refractivity contribution is 0.102. The smallest absolute Gasteiger partial charge is 0.255 e. The highest BCUT2D eigenvalue weighted by molar-refractivity contribution is 6.05. The zero-order valence-corrected chi connectivity index (χ0v) is 18.9. The summed E-state index contributed by atoms with van der Waals surface area (Å²) >= 11 is 0. The van der Waals surface area contributed by atoms with Gasteiger partial charge in [0, 0.05) is 37.6 Å². The zero-order chi connectivity index (χ0) is 23.2. The van der Waals surface area contributed by atoms with E-state index in [0.717, 1.165) is 44.0 Å². The van der Waals surface area contributed by atoms with Crippen molar-refractivity contribution in [3.63, 3.8) is 0 Å². The third-order valence-electron chi connectivity index (χ3n) is 6.02. The van der Waals surface area contributed by atoms with Crippen LogP contribution in [0.3, 0.4) is 0 Å². The minimum Gasteiger partial charge on any atom is -0.378 e. The highest BCUT2D eigenvalue weighted by atomic mass is 16.1. The van der Waals surface area contributed by atoms with Crippen LogP contribution in [0.2, 0.25) is 0 Å². The number of hydrogen-bond acceptors (Lipinski definition) is 6. The van der Waals surface area contributed by atoms with E-state index in [0.29, 0.717) is 17.8 Å². The van der Waals surface area contributed by atoms with Crippen LogP contribution < -0.4 is 10.6 Å². The number of hydrogen-bond donors (Lipinski definition) is 2. The van der Waals surface area contributed by atoms with Crippen molar-refractivity contribution in [3.05, 3.63) is 102 Å². The number of aromatic nitrogens is 4. The molecule has 8 heteroatoms. The van der Waals surface area contributed by atoms with Crippen LogP contribution in [-0.4, -0.2) is 43.9 Å². The molecule has 0 unspecified atom stereocenters. The molecule has 0 radical (unpaired) electrons. The second kappa shape index (κ2) is 10.3. The molecule has 8 nitrogen and oxygen atoms in total. The zero-order valence-electron chi connectivity index (χ0n) is 18.9. The van der Waals surface area contributed by atoms with E-state index in [1.165, 1.54) is 11.1 Å². The number of pyridine rings is 1. The van der Waals surface area contributed by atoms with Crippen molar-refractivity contribution in [2.24, 2.45) is 0 Å². The van der Waals surface area contributed by atoms with E-state index in [9.17, 15) is 4.79 Å². The molecule has 1 aliphatic rings. The van der Waals surface area contributed by atoms with E-state index in [4.69, 9.17) is 0 Å². The summed E-state index contributed by atoms with van der Waals surface area (Å²) in [7, 11) is 0. The van der Waals surface area contributed by atoms with Crippen LogP contribution in [0, 0.1) is 0 Å². The van der Waals surface area contributed by atoms with Crippen molar-refractivity contribution >= 4 is 17.3 Å². The second-order valence-electron chi connectivity index (χ2n) is 8.36. The molecule has 0 aliphatic carbocycles. The maximum absolute atomic E-state index is 12.5. The lowest BCUT2D eigenvalue weighted by Gasteiger charge is -2.28.